The first kappa shape index (κ1) is 14.0. The molecule has 0 aliphatic rings. The molecule has 5 aromatic heterocycles. The standard InChI is InChI=1S/C17H16N8/c1-11(12-3-4-15-18-5-6-24(15)10-12)25-17-16(22-25)19-8-14(21-17)13-7-20-23(2)9-13/h3-11H,1-2H3,(H,19,22)/t11-/m0/s1. The quantitative estimate of drug-likeness (QED) is 0.550. The molecule has 5 rings (SSSR count). The molecular weight excluding hydrogens is 316 g/mol. The van der Waals surface area contributed by atoms with Gasteiger partial charge in [0, 0.05) is 37.4 Å². The number of aromatic nitrogens is 8. The molecule has 8 heteroatoms. The number of nitrogens with one attached hydrogen (secondary N) is 1. The highest BCUT2D eigenvalue weighted by atomic mass is 15.4. The predicted octanol–water partition coefficient (Wildman–Crippen LogP) is 2.42. The number of imidazole rings is 1. The number of hydrogen-bond donors (Lipinski definition) is 1. The Morgan fingerprint density at radius 1 is 1.12 bits per heavy atom. The van der Waals surface area contributed by atoms with Gasteiger partial charge in [0.2, 0.25) is 0 Å². The van der Waals surface area contributed by atoms with E-state index in [1.807, 2.05) is 34.6 Å². The molecule has 0 saturated heterocycles. The van der Waals surface area contributed by atoms with Crippen LogP contribution in [0.4, 0.5) is 0 Å². The van der Waals surface area contributed by atoms with Gasteiger partial charge in [-0.3, -0.25) is 14.5 Å². The molecule has 0 fully saturated rings. The van der Waals surface area contributed by atoms with E-state index in [4.69, 9.17) is 4.98 Å². The van der Waals surface area contributed by atoms with Crippen LogP contribution >= 0.6 is 0 Å². The summed E-state index contributed by atoms with van der Waals surface area (Å²) in [6.45, 7) is 2.13. The normalized spacial score (nSPS) is 13.0. The molecule has 0 unspecified atom stereocenters. The molecule has 0 radical (unpaired) electrons. The van der Waals surface area contributed by atoms with Crippen molar-refractivity contribution in [2.45, 2.75) is 13.0 Å². The summed E-state index contributed by atoms with van der Waals surface area (Å²) in [5, 5.41) is 7.46. The van der Waals surface area contributed by atoms with Gasteiger partial charge in [-0.2, -0.15) is 5.10 Å². The number of pyridine rings is 1. The zero-order valence-corrected chi connectivity index (χ0v) is 13.8. The first-order valence-electron chi connectivity index (χ1n) is 8.03. The van der Waals surface area contributed by atoms with Crippen LogP contribution in [0.1, 0.15) is 18.5 Å². The molecule has 1 N–H and O–H groups in total. The Kier molecular flexibility index (Phi) is 2.81. The molecule has 0 aromatic carbocycles. The van der Waals surface area contributed by atoms with E-state index in [0.717, 1.165) is 33.8 Å². The summed E-state index contributed by atoms with van der Waals surface area (Å²) < 4.78 is 5.81. The second-order valence-corrected chi connectivity index (χ2v) is 6.14. The third-order valence-corrected chi connectivity index (χ3v) is 4.49. The Morgan fingerprint density at radius 2 is 2.04 bits per heavy atom. The molecule has 0 saturated carbocycles. The van der Waals surface area contributed by atoms with Gasteiger partial charge in [-0.15, -0.1) is 0 Å². The highest BCUT2D eigenvalue weighted by Gasteiger charge is 2.17. The molecule has 25 heavy (non-hydrogen) atoms. The smallest absolute Gasteiger partial charge is 0.193 e. The van der Waals surface area contributed by atoms with E-state index in [-0.39, 0.29) is 6.04 Å². The van der Waals surface area contributed by atoms with Crippen LogP contribution in [-0.2, 0) is 7.05 Å². The van der Waals surface area contributed by atoms with Crippen molar-refractivity contribution < 1.29 is 0 Å². The molecule has 0 spiro atoms. The van der Waals surface area contributed by atoms with Crippen molar-refractivity contribution in [2.24, 2.45) is 7.05 Å². The molecule has 0 aliphatic carbocycles. The van der Waals surface area contributed by atoms with Crippen molar-refractivity contribution in [3.05, 3.63) is 54.9 Å². The SMILES string of the molecule is C[C@@H](c1ccc2nccn2c1)n1[nH]c2ncc(-c3cnn(C)c3)nc21. The minimum Gasteiger partial charge on any atom is -0.307 e. The predicted molar refractivity (Wildman–Crippen MR) is 93.1 cm³/mol. The lowest BCUT2D eigenvalue weighted by Gasteiger charge is -2.22. The largest absolute Gasteiger partial charge is 0.307 e. The summed E-state index contributed by atoms with van der Waals surface area (Å²) >= 11 is 0. The minimum absolute atomic E-state index is 0.109. The van der Waals surface area contributed by atoms with Gasteiger partial charge in [-0.05, 0) is 18.6 Å². The fourth-order valence-corrected chi connectivity index (χ4v) is 3.05. The van der Waals surface area contributed by atoms with Crippen LogP contribution in [0.25, 0.3) is 28.2 Å². The number of hydrogen-bond acceptors (Lipinski definition) is 4. The van der Waals surface area contributed by atoms with Crippen LogP contribution < -0.4 is 0 Å². The van der Waals surface area contributed by atoms with Gasteiger partial charge < -0.3 is 4.40 Å². The minimum atomic E-state index is 0.109. The van der Waals surface area contributed by atoms with Gasteiger partial charge >= 0.3 is 0 Å². The monoisotopic (exact) mass is 332 g/mol. The van der Waals surface area contributed by atoms with Crippen LogP contribution in [0.5, 0.6) is 0 Å². The van der Waals surface area contributed by atoms with Gasteiger partial charge in [-0.25, -0.2) is 15.0 Å². The molecule has 8 nitrogen and oxygen atoms in total. The summed E-state index contributed by atoms with van der Waals surface area (Å²) in [4.78, 5) is 13.5. The molecule has 0 amide bonds. The first-order valence-corrected chi connectivity index (χ1v) is 8.03. The molecular formula is C17H16N8. The average Bonchev–Trinajstić information content (AvgIpc) is 3.23. The van der Waals surface area contributed by atoms with E-state index >= 15 is 0 Å². The Labute approximate surface area is 142 Å². The maximum absolute atomic E-state index is 4.75. The van der Waals surface area contributed by atoms with Crippen molar-refractivity contribution in [3.8, 4) is 11.3 Å². The van der Waals surface area contributed by atoms with Crippen molar-refractivity contribution in [1.29, 1.82) is 0 Å². The van der Waals surface area contributed by atoms with Gasteiger partial charge in [-0.1, -0.05) is 6.07 Å². The van der Waals surface area contributed by atoms with E-state index in [1.165, 1.54) is 0 Å². The van der Waals surface area contributed by atoms with Crippen LogP contribution in [0.15, 0.2) is 49.3 Å². The second-order valence-electron chi connectivity index (χ2n) is 6.14. The van der Waals surface area contributed by atoms with E-state index in [1.54, 1.807) is 23.3 Å². The van der Waals surface area contributed by atoms with Gasteiger partial charge in [0.1, 0.15) is 5.65 Å². The summed E-state index contributed by atoms with van der Waals surface area (Å²) in [5.41, 5.74) is 5.51. The number of fused-ring (bicyclic) bond motifs is 2. The topological polar surface area (TPSA) is 81.6 Å². The highest BCUT2D eigenvalue weighted by molar-refractivity contribution is 5.72. The lowest BCUT2D eigenvalue weighted by atomic mass is 10.1. The fourth-order valence-electron chi connectivity index (χ4n) is 3.05. The lowest BCUT2D eigenvalue weighted by molar-refractivity contribution is 0.552. The highest BCUT2D eigenvalue weighted by Crippen LogP contribution is 2.25. The van der Waals surface area contributed by atoms with Gasteiger partial charge in [0.25, 0.3) is 0 Å². The van der Waals surface area contributed by atoms with Crippen LogP contribution in [-0.4, -0.2) is 38.9 Å². The van der Waals surface area contributed by atoms with E-state index in [0.29, 0.717) is 0 Å². The second kappa shape index (κ2) is 5.04. The van der Waals surface area contributed by atoms with Crippen molar-refractivity contribution >= 4 is 16.9 Å². The maximum atomic E-state index is 4.75. The molecule has 124 valence electrons. The van der Waals surface area contributed by atoms with Crippen LogP contribution in [0.3, 0.4) is 0 Å². The number of rotatable bonds is 3. The number of nitrogens with zero attached hydrogens (tertiary/aromatic N) is 7. The maximum Gasteiger partial charge on any atom is 0.193 e. The first-order chi connectivity index (χ1) is 12.2. The van der Waals surface area contributed by atoms with Crippen molar-refractivity contribution in [3.63, 3.8) is 0 Å². The van der Waals surface area contributed by atoms with Crippen LogP contribution in [0, 0.1) is 0 Å². The number of aromatic amines is 1. The molecule has 5 aromatic rings. The fraction of sp³-hybridized carbons (Fsp3) is 0.176. The third-order valence-electron chi connectivity index (χ3n) is 4.49. The molecule has 0 aliphatic heterocycles. The van der Waals surface area contributed by atoms with Crippen LogP contribution in [0.2, 0.25) is 0 Å². The van der Waals surface area contributed by atoms with E-state index in [2.05, 4.69) is 39.4 Å². The summed E-state index contributed by atoms with van der Waals surface area (Å²) in [5.74, 6) is 0. The Hall–Kier alpha value is -3.42. The van der Waals surface area contributed by atoms with Gasteiger partial charge in [0.05, 0.1) is 24.1 Å². The lowest BCUT2D eigenvalue weighted by Crippen LogP contribution is -2.19. The average molecular weight is 332 g/mol. The Morgan fingerprint density at radius 3 is 2.88 bits per heavy atom. The van der Waals surface area contributed by atoms with E-state index in [9.17, 15) is 0 Å². The number of aryl methyl sites for hydroxylation is 1. The molecule has 0 bridgehead atoms. The zero-order valence-electron chi connectivity index (χ0n) is 13.8. The van der Waals surface area contributed by atoms with Crippen molar-refractivity contribution in [1.82, 2.24) is 38.9 Å². The summed E-state index contributed by atoms with van der Waals surface area (Å²) in [7, 11) is 1.89. The molecule has 5 heterocycles. The van der Waals surface area contributed by atoms with Gasteiger partial charge in [0.15, 0.2) is 11.3 Å². The summed E-state index contributed by atoms with van der Waals surface area (Å²) in [6, 6.07) is 4.22. The Bertz CT molecular complexity index is 1190. The summed E-state index contributed by atoms with van der Waals surface area (Å²) in [6.07, 6.45) is 11.3. The van der Waals surface area contributed by atoms with Crippen molar-refractivity contribution in [2.75, 3.05) is 0 Å². The number of H-pyrrole nitrogens is 1. The third kappa shape index (κ3) is 2.14. The molecule has 1 atom stereocenters. The Balaban J connectivity index is 1.55. The van der Waals surface area contributed by atoms with E-state index < -0.39 is 0 Å². The zero-order chi connectivity index (χ0) is 17.0.